The summed E-state index contributed by atoms with van der Waals surface area (Å²) in [6, 6.07) is 2.31. The number of carbonyl (C=O) groups is 3. The van der Waals surface area contributed by atoms with E-state index in [1.165, 1.54) is 18.2 Å². The molecule has 0 radical (unpaired) electrons. The van der Waals surface area contributed by atoms with E-state index >= 15 is 0 Å². The summed E-state index contributed by atoms with van der Waals surface area (Å²) in [5.74, 6) is -0.617. The SMILES string of the molecule is Cl.Cl.O=C(CNC(=O)C(CCC1CCNCC1)CCC1CCNCC1)NCC(NS(=O)(=O)c1ccc2c(c1)OCO2)C(=O)O. The molecule has 0 saturated carbocycles. The predicted octanol–water partition coefficient (Wildman–Crippen LogP) is 1.40. The molecule has 1 aromatic rings. The molecule has 1 unspecified atom stereocenters. The van der Waals surface area contributed by atoms with Gasteiger partial charge in [0.25, 0.3) is 0 Å². The van der Waals surface area contributed by atoms with Gasteiger partial charge in [-0.3, -0.25) is 14.4 Å². The molecule has 3 aliphatic rings. The van der Waals surface area contributed by atoms with Crippen LogP contribution in [0.1, 0.15) is 51.4 Å². The number of sulfonamides is 1. The summed E-state index contributed by atoms with van der Waals surface area (Å²) in [4.78, 5) is 37.2. The van der Waals surface area contributed by atoms with E-state index in [9.17, 15) is 27.9 Å². The van der Waals surface area contributed by atoms with Gasteiger partial charge in [0.15, 0.2) is 11.5 Å². The Hall–Kier alpha value is -2.36. The molecule has 16 heteroatoms. The van der Waals surface area contributed by atoms with Crippen LogP contribution in [0.25, 0.3) is 0 Å². The maximum absolute atomic E-state index is 13.1. The van der Waals surface area contributed by atoms with Gasteiger partial charge in [-0.15, -0.1) is 24.8 Å². The van der Waals surface area contributed by atoms with E-state index in [2.05, 4.69) is 26.0 Å². The van der Waals surface area contributed by atoms with Crippen molar-refractivity contribution < 1.29 is 37.4 Å². The minimum atomic E-state index is -4.24. The van der Waals surface area contributed by atoms with Crippen LogP contribution < -0.4 is 35.5 Å². The van der Waals surface area contributed by atoms with Crippen molar-refractivity contribution in [3.8, 4) is 11.5 Å². The number of hydrogen-bond donors (Lipinski definition) is 6. The first-order valence-corrected chi connectivity index (χ1v) is 16.3. The Bertz CT molecular complexity index is 1170. The number of fused-ring (bicyclic) bond motifs is 1. The van der Waals surface area contributed by atoms with Crippen LogP contribution in [0, 0.1) is 17.8 Å². The normalized spacial score (nSPS) is 17.7. The van der Waals surface area contributed by atoms with Crippen LogP contribution in [0.3, 0.4) is 0 Å². The highest BCUT2D eigenvalue weighted by Crippen LogP contribution is 2.34. The Labute approximate surface area is 271 Å². The smallest absolute Gasteiger partial charge is 0.323 e. The van der Waals surface area contributed by atoms with Crippen molar-refractivity contribution in [3.05, 3.63) is 18.2 Å². The van der Waals surface area contributed by atoms with Gasteiger partial charge in [0.05, 0.1) is 11.4 Å². The molecular formula is C28H45Cl2N5O8S. The average Bonchev–Trinajstić information content (AvgIpc) is 3.47. The first-order valence-electron chi connectivity index (χ1n) is 14.8. The van der Waals surface area contributed by atoms with Crippen molar-refractivity contribution >= 4 is 52.6 Å². The number of nitrogens with one attached hydrogen (secondary N) is 5. The molecule has 13 nitrogen and oxygen atoms in total. The quantitative estimate of drug-likeness (QED) is 0.158. The average molecular weight is 683 g/mol. The number of benzene rings is 1. The second kappa shape index (κ2) is 18.6. The summed E-state index contributed by atoms with van der Waals surface area (Å²) in [5, 5.41) is 21.5. The van der Waals surface area contributed by atoms with Crippen molar-refractivity contribution in [3.63, 3.8) is 0 Å². The highest BCUT2D eigenvalue weighted by molar-refractivity contribution is 7.89. The zero-order chi connectivity index (χ0) is 30.0. The van der Waals surface area contributed by atoms with Gasteiger partial charge in [0, 0.05) is 18.5 Å². The summed E-state index contributed by atoms with van der Waals surface area (Å²) in [6.07, 6.45) is 7.91. The van der Waals surface area contributed by atoms with Crippen molar-refractivity contribution in [2.24, 2.45) is 17.8 Å². The topological polar surface area (TPSA) is 184 Å². The summed E-state index contributed by atoms with van der Waals surface area (Å²) >= 11 is 0. The Kier molecular flexibility index (Phi) is 16.0. The fraction of sp³-hybridized carbons (Fsp3) is 0.679. The van der Waals surface area contributed by atoms with Gasteiger partial charge in [-0.1, -0.05) is 0 Å². The highest BCUT2D eigenvalue weighted by atomic mass is 35.5. The van der Waals surface area contributed by atoms with Gasteiger partial charge in [-0.05, 0) is 102 Å². The third-order valence-corrected chi connectivity index (χ3v) is 9.78. The zero-order valence-corrected chi connectivity index (χ0v) is 27.1. The van der Waals surface area contributed by atoms with Gasteiger partial charge in [-0.2, -0.15) is 4.72 Å². The van der Waals surface area contributed by atoms with Gasteiger partial charge in [0.1, 0.15) is 6.04 Å². The fourth-order valence-electron chi connectivity index (χ4n) is 5.69. The van der Waals surface area contributed by atoms with E-state index in [0.717, 1.165) is 77.5 Å². The monoisotopic (exact) mass is 681 g/mol. The second-order valence-corrected chi connectivity index (χ2v) is 13.0. The molecule has 250 valence electrons. The number of amides is 2. The van der Waals surface area contributed by atoms with Crippen LogP contribution in [0.5, 0.6) is 11.5 Å². The number of ether oxygens (including phenoxy) is 2. The lowest BCUT2D eigenvalue weighted by Gasteiger charge is -2.27. The number of rotatable bonds is 15. The first kappa shape index (κ1) is 37.8. The molecular weight excluding hydrogens is 637 g/mol. The molecule has 0 aromatic heterocycles. The van der Waals surface area contributed by atoms with Crippen LogP contribution in [0.15, 0.2) is 23.1 Å². The molecule has 2 saturated heterocycles. The largest absolute Gasteiger partial charge is 0.480 e. The number of hydrogen-bond acceptors (Lipinski definition) is 9. The molecule has 3 aliphatic heterocycles. The van der Waals surface area contributed by atoms with Crippen LogP contribution in [0.2, 0.25) is 0 Å². The standard InChI is InChI=1S/C28H43N5O8S.2ClH/c34-26(31-16-23(28(36)37)33-42(38,39)22-5-6-24-25(15-22)41-18-40-24)17-32-27(35)21(3-1-19-7-11-29-12-8-19)4-2-20-9-13-30-14-10-20;;/h5-6,15,19-21,23,29-30,33H,1-4,7-14,16-18H2,(H,31,34)(H,32,35)(H,36,37);2*1H. The van der Waals surface area contributed by atoms with E-state index in [1.807, 2.05) is 0 Å². The summed E-state index contributed by atoms with van der Waals surface area (Å²) < 4.78 is 38.0. The van der Waals surface area contributed by atoms with E-state index in [0.29, 0.717) is 17.6 Å². The maximum Gasteiger partial charge on any atom is 0.323 e. The van der Waals surface area contributed by atoms with E-state index in [1.54, 1.807) is 0 Å². The van der Waals surface area contributed by atoms with E-state index in [4.69, 9.17) is 9.47 Å². The van der Waals surface area contributed by atoms with Crippen LogP contribution >= 0.6 is 24.8 Å². The van der Waals surface area contributed by atoms with Gasteiger partial charge in [-0.25, -0.2) is 8.42 Å². The second-order valence-electron chi connectivity index (χ2n) is 11.3. The van der Waals surface area contributed by atoms with Crippen LogP contribution in [0.4, 0.5) is 0 Å². The Morgan fingerprint density at radius 2 is 1.45 bits per heavy atom. The molecule has 44 heavy (non-hydrogen) atoms. The molecule has 2 fully saturated rings. The fourth-order valence-corrected chi connectivity index (χ4v) is 6.89. The van der Waals surface area contributed by atoms with Crippen molar-refractivity contribution in [2.75, 3.05) is 46.1 Å². The third kappa shape index (κ3) is 11.5. The van der Waals surface area contributed by atoms with E-state index in [-0.39, 0.29) is 60.6 Å². The number of carboxylic acids is 1. The predicted molar refractivity (Wildman–Crippen MR) is 168 cm³/mol. The molecule has 0 aliphatic carbocycles. The van der Waals surface area contributed by atoms with Crippen LogP contribution in [-0.2, 0) is 24.4 Å². The molecule has 0 spiro atoms. The van der Waals surface area contributed by atoms with Crippen LogP contribution in [-0.4, -0.2) is 83.4 Å². The van der Waals surface area contributed by atoms with Crippen molar-refractivity contribution in [1.29, 1.82) is 0 Å². The maximum atomic E-state index is 13.1. The molecule has 3 heterocycles. The summed E-state index contributed by atoms with van der Waals surface area (Å²) in [7, 11) is -4.24. The number of piperidine rings is 2. The molecule has 2 amide bonds. The van der Waals surface area contributed by atoms with E-state index < -0.39 is 34.5 Å². The summed E-state index contributed by atoms with van der Waals surface area (Å²) in [6.45, 7) is 3.15. The number of carbonyl (C=O) groups excluding carboxylic acids is 2. The lowest BCUT2D eigenvalue weighted by molar-refractivity contribution is -0.139. The van der Waals surface area contributed by atoms with Crippen molar-refractivity contribution in [1.82, 2.24) is 26.0 Å². The number of carboxylic acid groups (broad SMARTS) is 1. The molecule has 1 aromatic carbocycles. The number of halogens is 2. The minimum absolute atomic E-state index is 0. The Balaban J connectivity index is 0.00000337. The van der Waals surface area contributed by atoms with Gasteiger partial charge >= 0.3 is 5.97 Å². The molecule has 4 rings (SSSR count). The molecule has 0 bridgehead atoms. The Morgan fingerprint density at radius 1 is 0.886 bits per heavy atom. The van der Waals surface area contributed by atoms with Gasteiger partial charge in [0.2, 0.25) is 28.6 Å². The van der Waals surface area contributed by atoms with Gasteiger partial charge < -0.3 is 35.8 Å². The minimum Gasteiger partial charge on any atom is -0.480 e. The lowest BCUT2D eigenvalue weighted by atomic mass is 9.84. The zero-order valence-electron chi connectivity index (χ0n) is 24.7. The highest BCUT2D eigenvalue weighted by Gasteiger charge is 2.28. The lowest BCUT2D eigenvalue weighted by Crippen LogP contribution is -2.50. The first-order chi connectivity index (χ1) is 20.2. The third-order valence-electron chi connectivity index (χ3n) is 8.31. The number of aliphatic carboxylic acids is 1. The molecule has 6 N–H and O–H groups in total. The van der Waals surface area contributed by atoms with Crippen molar-refractivity contribution in [2.45, 2.75) is 62.3 Å². The Morgan fingerprint density at radius 3 is 2.02 bits per heavy atom. The summed E-state index contributed by atoms with van der Waals surface area (Å²) in [5.41, 5.74) is 0. The molecule has 1 atom stereocenters.